The van der Waals surface area contributed by atoms with Crippen LogP contribution in [0.25, 0.3) is 0 Å². The van der Waals surface area contributed by atoms with Gasteiger partial charge in [0.25, 0.3) is 0 Å². The molecule has 5 heteroatoms. The fraction of sp³-hybridized carbons (Fsp3) is 0.750. The van der Waals surface area contributed by atoms with E-state index in [1.165, 1.54) is 12.8 Å². The van der Waals surface area contributed by atoms with Gasteiger partial charge in [-0.1, -0.05) is 47.9 Å². The lowest BCUT2D eigenvalue weighted by molar-refractivity contribution is -0.120. The fourth-order valence-corrected chi connectivity index (χ4v) is 3.13. The minimum absolute atomic E-state index is 0.140. The second-order valence-corrected chi connectivity index (χ2v) is 6.47. The van der Waals surface area contributed by atoms with Crippen molar-refractivity contribution < 1.29 is 9.90 Å². The van der Waals surface area contributed by atoms with Crippen molar-refractivity contribution in [1.82, 2.24) is 5.32 Å². The molecule has 0 spiro atoms. The number of amides is 1. The largest absolute Gasteiger partial charge is 0.513 e. The molecule has 0 unspecified atom stereocenters. The summed E-state index contributed by atoms with van der Waals surface area (Å²) < 4.78 is 0. The van der Waals surface area contributed by atoms with Gasteiger partial charge in [0.05, 0.1) is 5.76 Å². The van der Waals surface area contributed by atoms with Crippen LogP contribution in [0.1, 0.15) is 39.0 Å². The molecule has 0 bridgehead atoms. The number of hydrogen-bond acceptors (Lipinski definition) is 4. The Balaban J connectivity index is 3.19. The van der Waals surface area contributed by atoms with E-state index in [0.717, 1.165) is 24.5 Å². The Bertz CT molecular complexity index is 223. The van der Waals surface area contributed by atoms with Crippen LogP contribution < -0.4 is 5.32 Å². The first-order valence-corrected chi connectivity index (χ1v) is 8.53. The van der Waals surface area contributed by atoms with Crippen LogP contribution in [0.4, 0.5) is 0 Å². The van der Waals surface area contributed by atoms with E-state index in [2.05, 4.69) is 18.8 Å². The van der Waals surface area contributed by atoms with Gasteiger partial charge < -0.3 is 10.4 Å². The second-order valence-electron chi connectivity index (χ2n) is 3.77. The van der Waals surface area contributed by atoms with Gasteiger partial charge in [-0.05, 0) is 6.42 Å². The van der Waals surface area contributed by atoms with E-state index in [4.69, 9.17) is 5.11 Å². The van der Waals surface area contributed by atoms with Gasteiger partial charge in [-0.2, -0.15) is 0 Å². The lowest BCUT2D eigenvalue weighted by atomic mass is 10.2. The van der Waals surface area contributed by atoms with Crippen LogP contribution in [0.15, 0.2) is 12.3 Å². The van der Waals surface area contributed by atoms with Crippen molar-refractivity contribution in [3.8, 4) is 0 Å². The molecular formula is C12H23NO2S2. The van der Waals surface area contributed by atoms with Crippen LogP contribution in [0.2, 0.25) is 0 Å². The molecule has 0 saturated carbocycles. The van der Waals surface area contributed by atoms with Crippen molar-refractivity contribution >= 4 is 27.5 Å². The molecule has 0 aliphatic rings. The smallest absolute Gasteiger partial charge is 0.220 e. The first-order chi connectivity index (χ1) is 8.16. The molecule has 0 aromatic heterocycles. The summed E-state index contributed by atoms with van der Waals surface area (Å²) in [5.74, 6) is 2.04. The summed E-state index contributed by atoms with van der Waals surface area (Å²) in [6, 6.07) is 0. The van der Waals surface area contributed by atoms with Gasteiger partial charge >= 0.3 is 0 Å². The Kier molecular flexibility index (Phi) is 12.0. The first-order valence-electron chi connectivity index (χ1n) is 6.04. The van der Waals surface area contributed by atoms with Crippen LogP contribution >= 0.6 is 21.6 Å². The van der Waals surface area contributed by atoms with Crippen molar-refractivity contribution in [2.75, 3.05) is 18.1 Å². The summed E-state index contributed by atoms with van der Waals surface area (Å²) in [4.78, 5) is 11.4. The van der Waals surface area contributed by atoms with Gasteiger partial charge in [-0.3, -0.25) is 4.79 Å². The Hall–Kier alpha value is -0.290. The highest BCUT2D eigenvalue weighted by Crippen LogP contribution is 2.23. The highest BCUT2D eigenvalue weighted by molar-refractivity contribution is 8.76. The number of hydrogen-bond donors (Lipinski definition) is 2. The van der Waals surface area contributed by atoms with Crippen LogP contribution in [-0.2, 0) is 4.79 Å². The van der Waals surface area contributed by atoms with Gasteiger partial charge in [0.2, 0.25) is 5.91 Å². The van der Waals surface area contributed by atoms with Gasteiger partial charge in [-0.15, -0.1) is 0 Å². The molecule has 0 aromatic carbocycles. The van der Waals surface area contributed by atoms with Crippen molar-refractivity contribution in [2.45, 2.75) is 39.0 Å². The van der Waals surface area contributed by atoms with Crippen molar-refractivity contribution in [3.63, 3.8) is 0 Å². The molecule has 0 aromatic rings. The number of unbranched alkanes of at least 4 members (excludes halogenated alkanes) is 2. The maximum absolute atomic E-state index is 11.4. The molecule has 0 fully saturated rings. The van der Waals surface area contributed by atoms with E-state index in [1.807, 2.05) is 0 Å². The number of carbonyl (C=O) groups excluding carboxylic acids is 1. The third-order valence-electron chi connectivity index (χ3n) is 2.07. The highest BCUT2D eigenvalue weighted by Gasteiger charge is 2.00. The molecule has 1 amide bonds. The van der Waals surface area contributed by atoms with Crippen LogP contribution in [-0.4, -0.2) is 29.1 Å². The Morgan fingerprint density at radius 3 is 2.47 bits per heavy atom. The zero-order chi connectivity index (χ0) is 12.9. The van der Waals surface area contributed by atoms with Crippen LogP contribution in [0.5, 0.6) is 0 Å². The molecule has 0 radical (unpaired) electrons. The number of aliphatic hydroxyl groups excluding tert-OH is 1. The predicted octanol–water partition coefficient (Wildman–Crippen LogP) is 3.53. The predicted molar refractivity (Wildman–Crippen MR) is 78.5 cm³/mol. The van der Waals surface area contributed by atoms with Crippen molar-refractivity contribution in [3.05, 3.63) is 12.3 Å². The monoisotopic (exact) mass is 277 g/mol. The maximum atomic E-state index is 11.4. The topological polar surface area (TPSA) is 49.3 Å². The summed E-state index contributed by atoms with van der Waals surface area (Å²) in [5, 5.41) is 11.8. The SMILES string of the molecule is C=C(O)CCSSCCC(=O)NCCCCC. The summed E-state index contributed by atoms with van der Waals surface area (Å²) in [7, 11) is 3.34. The number of carbonyl (C=O) groups is 1. The van der Waals surface area contributed by atoms with Crippen molar-refractivity contribution in [2.24, 2.45) is 0 Å². The van der Waals surface area contributed by atoms with E-state index in [9.17, 15) is 4.79 Å². The third kappa shape index (κ3) is 13.6. The molecule has 3 nitrogen and oxygen atoms in total. The van der Waals surface area contributed by atoms with Gasteiger partial charge in [0.15, 0.2) is 0 Å². The molecule has 17 heavy (non-hydrogen) atoms. The lowest BCUT2D eigenvalue weighted by Gasteiger charge is -2.04. The molecular weight excluding hydrogens is 254 g/mol. The molecule has 100 valence electrons. The minimum Gasteiger partial charge on any atom is -0.513 e. The third-order valence-corrected chi connectivity index (χ3v) is 4.48. The Labute approximate surface area is 112 Å². The highest BCUT2D eigenvalue weighted by atomic mass is 33.1. The second kappa shape index (κ2) is 12.2. The number of aliphatic hydroxyl groups is 1. The van der Waals surface area contributed by atoms with E-state index in [0.29, 0.717) is 12.8 Å². The van der Waals surface area contributed by atoms with Crippen LogP contribution in [0, 0.1) is 0 Å². The Morgan fingerprint density at radius 2 is 1.88 bits per heavy atom. The average Bonchev–Trinajstić information content (AvgIpc) is 2.29. The zero-order valence-electron chi connectivity index (χ0n) is 10.5. The summed E-state index contributed by atoms with van der Waals surface area (Å²) in [5.41, 5.74) is 0. The number of rotatable bonds is 11. The molecule has 0 atom stereocenters. The summed E-state index contributed by atoms with van der Waals surface area (Å²) >= 11 is 0. The maximum Gasteiger partial charge on any atom is 0.220 e. The van der Waals surface area contributed by atoms with E-state index in [1.54, 1.807) is 21.6 Å². The Morgan fingerprint density at radius 1 is 1.24 bits per heavy atom. The van der Waals surface area contributed by atoms with Gasteiger partial charge in [0.1, 0.15) is 0 Å². The molecule has 0 aliphatic carbocycles. The van der Waals surface area contributed by atoms with Gasteiger partial charge in [-0.25, -0.2) is 0 Å². The van der Waals surface area contributed by atoms with E-state index >= 15 is 0 Å². The molecule has 2 N–H and O–H groups in total. The fourth-order valence-electron chi connectivity index (χ4n) is 1.10. The molecule has 0 rings (SSSR count). The van der Waals surface area contributed by atoms with Crippen LogP contribution in [0.3, 0.4) is 0 Å². The standard InChI is InChI=1S/C12H23NO2S2/c1-3-4-5-8-13-12(15)7-10-17-16-9-6-11(2)14/h14H,2-10H2,1H3,(H,13,15). The number of allylic oxidation sites excluding steroid dienone is 1. The normalized spacial score (nSPS) is 10.2. The van der Waals surface area contributed by atoms with E-state index in [-0.39, 0.29) is 11.7 Å². The number of nitrogens with one attached hydrogen (secondary N) is 1. The average molecular weight is 277 g/mol. The first kappa shape index (κ1) is 16.7. The zero-order valence-corrected chi connectivity index (χ0v) is 12.2. The van der Waals surface area contributed by atoms with E-state index < -0.39 is 0 Å². The molecule has 0 heterocycles. The lowest BCUT2D eigenvalue weighted by Crippen LogP contribution is -2.24. The van der Waals surface area contributed by atoms with Crippen molar-refractivity contribution in [1.29, 1.82) is 0 Å². The summed E-state index contributed by atoms with van der Waals surface area (Å²) in [6.07, 6.45) is 4.63. The molecule has 0 aliphatic heterocycles. The molecule has 0 saturated heterocycles. The summed E-state index contributed by atoms with van der Waals surface area (Å²) in [6.45, 7) is 6.37. The minimum atomic E-state index is 0.140. The van der Waals surface area contributed by atoms with Gasteiger partial charge in [0, 0.05) is 30.9 Å². The quantitative estimate of drug-likeness (QED) is 0.345.